The quantitative estimate of drug-likeness (QED) is 0.574. The molecule has 1 unspecified atom stereocenters. The van der Waals surface area contributed by atoms with Gasteiger partial charge in [0, 0.05) is 22.0 Å². The lowest BCUT2D eigenvalue weighted by Gasteiger charge is -2.14. The molecule has 1 aliphatic carbocycles. The fourth-order valence-electron chi connectivity index (χ4n) is 3.06. The monoisotopic (exact) mass is 408 g/mol. The molecule has 1 aromatic heterocycles. The van der Waals surface area contributed by atoms with E-state index < -0.39 is 0 Å². The Morgan fingerprint density at radius 1 is 1.03 bits per heavy atom. The maximum atomic E-state index is 14.0. The zero-order valence-electron chi connectivity index (χ0n) is 15.9. The van der Waals surface area contributed by atoms with Gasteiger partial charge in [0.15, 0.2) is 0 Å². The Balaban J connectivity index is 1.39. The number of thiophene rings is 1. The van der Waals surface area contributed by atoms with Crippen LogP contribution in [0.25, 0.3) is 10.4 Å². The molecule has 0 bridgehead atoms. The lowest BCUT2D eigenvalue weighted by Crippen LogP contribution is -2.25. The van der Waals surface area contributed by atoms with Gasteiger partial charge in [-0.3, -0.25) is 9.59 Å². The molecular weight excluding hydrogens is 387 g/mol. The van der Waals surface area contributed by atoms with Crippen LogP contribution >= 0.6 is 11.3 Å². The first-order valence-corrected chi connectivity index (χ1v) is 10.4. The van der Waals surface area contributed by atoms with Gasteiger partial charge in [-0.1, -0.05) is 30.3 Å². The van der Waals surface area contributed by atoms with Gasteiger partial charge in [0.2, 0.25) is 5.91 Å². The molecule has 1 fully saturated rings. The fraction of sp³-hybridized carbons (Fsp3) is 0.217. The highest BCUT2D eigenvalue weighted by Gasteiger charge is 2.29. The van der Waals surface area contributed by atoms with E-state index in [0.29, 0.717) is 10.4 Å². The molecule has 0 radical (unpaired) electrons. The highest BCUT2D eigenvalue weighted by Crippen LogP contribution is 2.31. The van der Waals surface area contributed by atoms with Crippen LogP contribution in [0, 0.1) is 11.7 Å². The molecule has 1 atom stereocenters. The average molecular weight is 408 g/mol. The zero-order chi connectivity index (χ0) is 20.4. The van der Waals surface area contributed by atoms with Crippen molar-refractivity contribution in [1.29, 1.82) is 0 Å². The van der Waals surface area contributed by atoms with Crippen LogP contribution in [0.15, 0.2) is 60.7 Å². The minimum Gasteiger partial charge on any atom is -0.345 e. The molecular formula is C23H21FN2O2S. The molecule has 29 heavy (non-hydrogen) atoms. The maximum absolute atomic E-state index is 14.0. The Labute approximate surface area is 172 Å². The molecule has 4 nitrogen and oxygen atoms in total. The van der Waals surface area contributed by atoms with Crippen molar-refractivity contribution in [3.05, 3.63) is 76.9 Å². The average Bonchev–Trinajstić information content (AvgIpc) is 3.46. The van der Waals surface area contributed by atoms with E-state index in [0.717, 1.165) is 29.0 Å². The third-order valence-electron chi connectivity index (χ3n) is 4.94. The van der Waals surface area contributed by atoms with Crippen molar-refractivity contribution in [1.82, 2.24) is 5.32 Å². The largest absolute Gasteiger partial charge is 0.345 e. The summed E-state index contributed by atoms with van der Waals surface area (Å²) in [6.45, 7) is 1.90. The van der Waals surface area contributed by atoms with Crippen LogP contribution in [0.1, 0.15) is 41.0 Å². The van der Waals surface area contributed by atoms with E-state index in [4.69, 9.17) is 0 Å². The van der Waals surface area contributed by atoms with Gasteiger partial charge in [-0.25, -0.2) is 4.39 Å². The second-order valence-corrected chi connectivity index (χ2v) is 8.31. The van der Waals surface area contributed by atoms with Crippen molar-refractivity contribution in [2.45, 2.75) is 25.8 Å². The number of halogens is 1. The summed E-state index contributed by atoms with van der Waals surface area (Å²) in [4.78, 5) is 25.7. The number of carbonyl (C=O) groups excluding carboxylic acids is 2. The predicted molar refractivity (Wildman–Crippen MR) is 113 cm³/mol. The Bertz CT molecular complexity index is 1040. The molecule has 2 N–H and O–H groups in total. The summed E-state index contributed by atoms with van der Waals surface area (Å²) in [5.41, 5.74) is 2.19. The summed E-state index contributed by atoms with van der Waals surface area (Å²) in [7, 11) is 0. The topological polar surface area (TPSA) is 58.2 Å². The van der Waals surface area contributed by atoms with Gasteiger partial charge >= 0.3 is 0 Å². The molecule has 2 amide bonds. The molecule has 3 aromatic rings. The molecule has 1 saturated carbocycles. The van der Waals surface area contributed by atoms with E-state index in [-0.39, 0.29) is 29.6 Å². The van der Waals surface area contributed by atoms with E-state index in [9.17, 15) is 14.0 Å². The first-order chi connectivity index (χ1) is 14.0. The highest BCUT2D eigenvalue weighted by atomic mass is 32.1. The van der Waals surface area contributed by atoms with Crippen LogP contribution in [-0.4, -0.2) is 11.8 Å². The standard InChI is InChI=1S/C23H21FN2O2S/c1-14(15-8-10-17(11-9-15)26-22(27)16-6-7-16)25-23(28)21-13-12-20(29-21)18-4-2-3-5-19(18)24/h2-5,8-14,16H,6-7H2,1H3,(H,25,28)(H,26,27). The molecule has 6 heteroatoms. The Morgan fingerprint density at radius 3 is 2.45 bits per heavy atom. The number of benzene rings is 2. The molecule has 0 saturated heterocycles. The van der Waals surface area contributed by atoms with Crippen molar-refractivity contribution in [2.24, 2.45) is 5.92 Å². The van der Waals surface area contributed by atoms with Crippen molar-refractivity contribution in [2.75, 3.05) is 5.32 Å². The van der Waals surface area contributed by atoms with Gasteiger partial charge in [-0.15, -0.1) is 11.3 Å². The number of nitrogens with one attached hydrogen (secondary N) is 2. The molecule has 2 aromatic carbocycles. The normalized spacial score (nSPS) is 14.3. The van der Waals surface area contributed by atoms with E-state index in [1.807, 2.05) is 31.2 Å². The predicted octanol–water partition coefficient (Wildman–Crippen LogP) is 5.39. The third kappa shape index (κ3) is 4.54. The Morgan fingerprint density at radius 2 is 1.76 bits per heavy atom. The minimum absolute atomic E-state index is 0.0717. The molecule has 4 rings (SSSR count). The maximum Gasteiger partial charge on any atom is 0.261 e. The summed E-state index contributed by atoms with van der Waals surface area (Å²) in [6, 6.07) is 17.3. The lowest BCUT2D eigenvalue weighted by atomic mass is 10.1. The van der Waals surface area contributed by atoms with Gasteiger partial charge in [0.1, 0.15) is 5.82 Å². The summed E-state index contributed by atoms with van der Waals surface area (Å²) >= 11 is 1.26. The van der Waals surface area contributed by atoms with Gasteiger partial charge in [-0.05, 0) is 55.7 Å². The second kappa shape index (κ2) is 8.17. The van der Waals surface area contributed by atoms with Crippen LogP contribution < -0.4 is 10.6 Å². The number of amides is 2. The van der Waals surface area contributed by atoms with E-state index >= 15 is 0 Å². The summed E-state index contributed by atoms with van der Waals surface area (Å²) in [5.74, 6) is -0.268. The van der Waals surface area contributed by atoms with Gasteiger partial charge in [-0.2, -0.15) is 0 Å². The molecule has 148 valence electrons. The number of rotatable bonds is 6. The smallest absolute Gasteiger partial charge is 0.261 e. The molecule has 0 spiro atoms. The molecule has 0 aliphatic heterocycles. The van der Waals surface area contributed by atoms with Crippen LogP contribution in [0.4, 0.5) is 10.1 Å². The summed E-state index contributed by atoms with van der Waals surface area (Å²) < 4.78 is 14.0. The second-order valence-electron chi connectivity index (χ2n) is 7.22. The number of anilines is 1. The third-order valence-corrected chi connectivity index (χ3v) is 6.06. The van der Waals surface area contributed by atoms with Gasteiger partial charge in [0.05, 0.1) is 10.9 Å². The van der Waals surface area contributed by atoms with Gasteiger partial charge < -0.3 is 10.6 Å². The Hall–Kier alpha value is -2.99. The van der Waals surface area contributed by atoms with E-state index in [1.54, 1.807) is 30.3 Å². The van der Waals surface area contributed by atoms with Crippen molar-refractivity contribution < 1.29 is 14.0 Å². The number of carbonyl (C=O) groups is 2. The first-order valence-electron chi connectivity index (χ1n) is 9.57. The van der Waals surface area contributed by atoms with Gasteiger partial charge in [0.25, 0.3) is 5.91 Å². The summed E-state index contributed by atoms with van der Waals surface area (Å²) in [5, 5.41) is 5.87. The first kappa shape index (κ1) is 19.3. The van der Waals surface area contributed by atoms with Crippen molar-refractivity contribution in [3.63, 3.8) is 0 Å². The van der Waals surface area contributed by atoms with Crippen LogP contribution in [0.5, 0.6) is 0 Å². The van der Waals surface area contributed by atoms with E-state index in [2.05, 4.69) is 10.6 Å². The van der Waals surface area contributed by atoms with Crippen LogP contribution in [0.3, 0.4) is 0 Å². The van der Waals surface area contributed by atoms with Crippen molar-refractivity contribution >= 4 is 28.8 Å². The van der Waals surface area contributed by atoms with Crippen LogP contribution in [0.2, 0.25) is 0 Å². The Kier molecular flexibility index (Phi) is 5.45. The minimum atomic E-state index is -0.302. The molecule has 1 aliphatic rings. The molecule has 1 heterocycles. The number of hydrogen-bond donors (Lipinski definition) is 2. The number of hydrogen-bond acceptors (Lipinski definition) is 3. The lowest BCUT2D eigenvalue weighted by molar-refractivity contribution is -0.117. The fourth-order valence-corrected chi connectivity index (χ4v) is 4.00. The van der Waals surface area contributed by atoms with Crippen LogP contribution in [-0.2, 0) is 4.79 Å². The zero-order valence-corrected chi connectivity index (χ0v) is 16.8. The summed E-state index contributed by atoms with van der Waals surface area (Å²) in [6.07, 6.45) is 1.93. The SMILES string of the molecule is CC(NC(=O)c1ccc(-c2ccccc2F)s1)c1ccc(NC(=O)C2CC2)cc1. The van der Waals surface area contributed by atoms with Crippen molar-refractivity contribution in [3.8, 4) is 10.4 Å². The highest BCUT2D eigenvalue weighted by molar-refractivity contribution is 7.17. The van der Waals surface area contributed by atoms with E-state index in [1.165, 1.54) is 17.4 Å².